The van der Waals surface area contributed by atoms with E-state index in [1.54, 1.807) is 6.92 Å². The molecular weight excluding hydrogens is 350 g/mol. The van der Waals surface area contributed by atoms with Crippen LogP contribution in [0.1, 0.15) is 26.0 Å². The largest absolute Gasteiger partial charge is 0.390 e. The first-order valence-electron chi connectivity index (χ1n) is 7.77. The first kappa shape index (κ1) is 17.7. The number of nitrogens with zero attached hydrogens (tertiary/aromatic N) is 4. The van der Waals surface area contributed by atoms with Gasteiger partial charge in [0.25, 0.3) is 0 Å². The first-order chi connectivity index (χ1) is 11.9. The molecule has 1 saturated heterocycles. The van der Waals surface area contributed by atoms with Gasteiger partial charge in [-0.25, -0.2) is 9.36 Å². The molecule has 0 aromatic carbocycles. The van der Waals surface area contributed by atoms with Crippen LogP contribution in [0.4, 0.5) is 5.95 Å². The van der Waals surface area contributed by atoms with Crippen molar-refractivity contribution in [1.29, 1.82) is 0 Å². The molecule has 0 radical (unpaired) electrons. The van der Waals surface area contributed by atoms with Crippen LogP contribution in [0.15, 0.2) is 4.79 Å². The highest BCUT2D eigenvalue weighted by atomic mass is 35.5. The zero-order chi connectivity index (χ0) is 18.3. The molecule has 0 aliphatic carbocycles. The zero-order valence-corrected chi connectivity index (χ0v) is 14.2. The third kappa shape index (κ3) is 2.87. The SMILES string of the molecule is C#CCn1c(=O)n([C@@H]2O[C@H]([C@@H](O)CC)C[C@H]2O)c2nc(N)nc(Cl)c21. The molecule has 0 amide bonds. The Hall–Kier alpha value is -2.12. The van der Waals surface area contributed by atoms with E-state index in [1.165, 1.54) is 4.57 Å². The number of aliphatic hydroxyl groups excluding tert-OH is 2. The number of hydrogen-bond donors (Lipinski definition) is 3. The molecule has 2 aromatic rings. The maximum atomic E-state index is 12.8. The maximum Gasteiger partial charge on any atom is 0.333 e. The number of nitrogen functional groups attached to an aromatic ring is 1. The number of anilines is 1. The van der Waals surface area contributed by atoms with Crippen molar-refractivity contribution in [2.45, 2.75) is 50.8 Å². The van der Waals surface area contributed by atoms with E-state index in [-0.39, 0.29) is 35.2 Å². The lowest BCUT2D eigenvalue weighted by molar-refractivity contribution is -0.0759. The summed E-state index contributed by atoms with van der Waals surface area (Å²) >= 11 is 6.12. The first-order valence-corrected chi connectivity index (χ1v) is 8.15. The number of ether oxygens (including phenoxy) is 1. The average Bonchev–Trinajstić information content (AvgIpc) is 3.05. The Kier molecular flexibility index (Phi) is 4.71. The van der Waals surface area contributed by atoms with Gasteiger partial charge in [-0.3, -0.25) is 4.57 Å². The van der Waals surface area contributed by atoms with Gasteiger partial charge in [-0.2, -0.15) is 9.97 Å². The number of aromatic nitrogens is 4. The smallest absolute Gasteiger partial charge is 0.333 e. The van der Waals surface area contributed by atoms with Crippen LogP contribution in [0.5, 0.6) is 0 Å². The average molecular weight is 368 g/mol. The van der Waals surface area contributed by atoms with Gasteiger partial charge in [-0.1, -0.05) is 24.4 Å². The van der Waals surface area contributed by atoms with Gasteiger partial charge in [-0.15, -0.1) is 6.42 Å². The fourth-order valence-corrected chi connectivity index (χ4v) is 3.31. The molecule has 4 atom stereocenters. The van der Waals surface area contributed by atoms with Gasteiger partial charge in [0.2, 0.25) is 5.95 Å². The molecule has 4 N–H and O–H groups in total. The number of terminal acetylenes is 1. The van der Waals surface area contributed by atoms with Crippen molar-refractivity contribution < 1.29 is 14.9 Å². The second-order valence-electron chi connectivity index (χ2n) is 5.83. The summed E-state index contributed by atoms with van der Waals surface area (Å²) in [4.78, 5) is 20.7. The standard InChI is InChI=1S/C15H18ClN5O4/c1-3-5-20-10-11(16)18-14(17)19-12(10)21(15(20)24)13-8(23)6-9(25-13)7(22)4-2/h1,7-9,13,22-23H,4-6H2,2H3,(H2,17,18,19)/t7-,8+,9-,13+/m0/s1. The van der Waals surface area contributed by atoms with Crippen molar-refractivity contribution in [2.24, 2.45) is 0 Å². The highest BCUT2D eigenvalue weighted by Gasteiger charge is 2.40. The molecule has 9 nitrogen and oxygen atoms in total. The maximum absolute atomic E-state index is 12.8. The molecule has 3 heterocycles. The van der Waals surface area contributed by atoms with Gasteiger partial charge in [0.15, 0.2) is 17.0 Å². The van der Waals surface area contributed by atoms with Gasteiger partial charge in [0.05, 0.1) is 18.8 Å². The number of rotatable bonds is 4. The quantitative estimate of drug-likeness (QED) is 0.507. The predicted octanol–water partition coefficient (Wildman–Crippen LogP) is -0.119. The Morgan fingerprint density at radius 3 is 2.92 bits per heavy atom. The second-order valence-corrected chi connectivity index (χ2v) is 6.19. The van der Waals surface area contributed by atoms with Crippen LogP contribution < -0.4 is 11.4 Å². The Balaban J connectivity index is 2.18. The van der Waals surface area contributed by atoms with Crippen LogP contribution in [0.3, 0.4) is 0 Å². The predicted molar refractivity (Wildman–Crippen MR) is 90.9 cm³/mol. The van der Waals surface area contributed by atoms with E-state index >= 15 is 0 Å². The summed E-state index contributed by atoms with van der Waals surface area (Å²) in [6.45, 7) is 1.74. The number of fused-ring (bicyclic) bond motifs is 1. The number of nitrogens with two attached hydrogens (primary N) is 1. The van der Waals surface area contributed by atoms with E-state index in [4.69, 9.17) is 28.5 Å². The third-order valence-corrected chi connectivity index (χ3v) is 4.51. The molecular formula is C15H18ClN5O4. The van der Waals surface area contributed by atoms with Crippen molar-refractivity contribution in [2.75, 3.05) is 5.73 Å². The van der Waals surface area contributed by atoms with Crippen molar-refractivity contribution >= 4 is 28.7 Å². The highest BCUT2D eigenvalue weighted by molar-refractivity contribution is 6.33. The number of hydrogen-bond acceptors (Lipinski definition) is 7. The van der Waals surface area contributed by atoms with Gasteiger partial charge < -0.3 is 20.7 Å². The van der Waals surface area contributed by atoms with Crippen molar-refractivity contribution in [3.8, 4) is 12.3 Å². The van der Waals surface area contributed by atoms with Crippen LogP contribution >= 0.6 is 11.6 Å². The number of halogens is 1. The topological polar surface area (TPSA) is 128 Å². The fourth-order valence-electron chi connectivity index (χ4n) is 3.04. The molecule has 0 unspecified atom stereocenters. The van der Waals surface area contributed by atoms with Crippen LogP contribution in [0.2, 0.25) is 5.15 Å². The summed E-state index contributed by atoms with van der Waals surface area (Å²) < 4.78 is 8.10. The second kappa shape index (κ2) is 6.65. The summed E-state index contributed by atoms with van der Waals surface area (Å²) in [5, 5.41) is 20.3. The van der Waals surface area contributed by atoms with Gasteiger partial charge >= 0.3 is 5.69 Å². The summed E-state index contributed by atoms with van der Waals surface area (Å²) in [6.07, 6.45) is 2.57. The molecule has 0 bridgehead atoms. The van der Waals surface area contributed by atoms with E-state index in [0.29, 0.717) is 6.42 Å². The van der Waals surface area contributed by atoms with E-state index in [0.717, 1.165) is 4.57 Å². The van der Waals surface area contributed by atoms with E-state index < -0.39 is 30.2 Å². The molecule has 1 aliphatic rings. The summed E-state index contributed by atoms with van der Waals surface area (Å²) in [6, 6.07) is 0. The summed E-state index contributed by atoms with van der Waals surface area (Å²) in [5.41, 5.74) is 5.43. The lowest BCUT2D eigenvalue weighted by atomic mass is 10.1. The Labute approximate surface area is 148 Å². The zero-order valence-electron chi connectivity index (χ0n) is 13.5. The molecule has 10 heteroatoms. The van der Waals surface area contributed by atoms with E-state index in [9.17, 15) is 15.0 Å². The monoisotopic (exact) mass is 367 g/mol. The molecule has 0 spiro atoms. The summed E-state index contributed by atoms with van der Waals surface area (Å²) in [5.74, 6) is 2.25. The molecule has 134 valence electrons. The fraction of sp³-hybridized carbons (Fsp3) is 0.533. The minimum absolute atomic E-state index is 0.0220. The molecule has 1 aliphatic heterocycles. The van der Waals surface area contributed by atoms with Crippen LogP contribution in [0.25, 0.3) is 11.2 Å². The third-order valence-electron chi connectivity index (χ3n) is 4.24. The normalized spacial score (nSPS) is 24.5. The van der Waals surface area contributed by atoms with Crippen LogP contribution in [-0.4, -0.2) is 47.6 Å². The summed E-state index contributed by atoms with van der Waals surface area (Å²) in [7, 11) is 0. The van der Waals surface area contributed by atoms with Gasteiger partial charge in [0.1, 0.15) is 11.6 Å². The van der Waals surface area contributed by atoms with E-state index in [2.05, 4.69) is 15.9 Å². The Morgan fingerprint density at radius 2 is 2.28 bits per heavy atom. The van der Waals surface area contributed by atoms with Crippen molar-refractivity contribution in [3.05, 3.63) is 15.6 Å². The number of aliphatic hydroxyl groups is 2. The van der Waals surface area contributed by atoms with E-state index in [1.807, 2.05) is 0 Å². The molecule has 2 aromatic heterocycles. The lowest BCUT2D eigenvalue weighted by Crippen LogP contribution is -2.32. The lowest BCUT2D eigenvalue weighted by Gasteiger charge is -2.18. The molecule has 3 rings (SSSR count). The molecule has 25 heavy (non-hydrogen) atoms. The van der Waals surface area contributed by atoms with Crippen molar-refractivity contribution in [1.82, 2.24) is 19.1 Å². The minimum Gasteiger partial charge on any atom is -0.390 e. The Bertz CT molecular complexity index is 902. The van der Waals surface area contributed by atoms with Crippen LogP contribution in [0, 0.1) is 12.3 Å². The Morgan fingerprint density at radius 1 is 1.56 bits per heavy atom. The van der Waals surface area contributed by atoms with Gasteiger partial charge in [0, 0.05) is 6.42 Å². The number of imidazole rings is 1. The van der Waals surface area contributed by atoms with Gasteiger partial charge in [-0.05, 0) is 6.42 Å². The van der Waals surface area contributed by atoms with Crippen LogP contribution in [-0.2, 0) is 11.3 Å². The molecule has 0 saturated carbocycles. The molecule has 1 fully saturated rings. The highest BCUT2D eigenvalue weighted by Crippen LogP contribution is 2.33. The minimum atomic E-state index is -1.04. The van der Waals surface area contributed by atoms with Crippen molar-refractivity contribution in [3.63, 3.8) is 0 Å².